The monoisotopic (exact) mass is 382 g/mol. The third-order valence-electron chi connectivity index (χ3n) is 5.37. The summed E-state index contributed by atoms with van der Waals surface area (Å²) in [6.45, 7) is 11.9. The van der Waals surface area contributed by atoms with Gasteiger partial charge in [-0.3, -0.25) is 9.48 Å². The minimum Gasteiger partial charge on any atom is -0.351 e. The molecule has 0 aliphatic carbocycles. The van der Waals surface area contributed by atoms with Crippen molar-refractivity contribution in [3.05, 3.63) is 41.2 Å². The molecular formula is C21H30N6O. The largest absolute Gasteiger partial charge is 0.351 e. The summed E-state index contributed by atoms with van der Waals surface area (Å²) in [5, 5.41) is 16.2. The number of para-hydroxylation sites is 1. The van der Waals surface area contributed by atoms with E-state index in [1.54, 1.807) is 0 Å². The molecule has 7 heteroatoms. The van der Waals surface area contributed by atoms with E-state index in [1.165, 1.54) is 5.56 Å². The van der Waals surface area contributed by atoms with Gasteiger partial charge in [0.15, 0.2) is 0 Å². The molecule has 0 bridgehead atoms. The summed E-state index contributed by atoms with van der Waals surface area (Å²) in [6.07, 6.45) is 1.17. The molecule has 150 valence electrons. The standard InChI is InChI=1S/C21H30N6O/c1-6-26-16(5)17(15(4)24-26)11-12-21(28)22-19(14(2)3)13-27-20-10-8-7-9-18(20)23-25-27/h7-10,14,19H,6,11-13H2,1-5H3,(H,22,28)/t19-/m1/s1. The molecule has 0 fully saturated rings. The Morgan fingerprint density at radius 3 is 2.61 bits per heavy atom. The molecule has 0 unspecified atom stereocenters. The van der Waals surface area contributed by atoms with Crippen molar-refractivity contribution >= 4 is 16.9 Å². The fraction of sp³-hybridized carbons (Fsp3) is 0.524. The van der Waals surface area contributed by atoms with Gasteiger partial charge in [-0.2, -0.15) is 5.10 Å². The molecule has 2 aromatic heterocycles. The number of fused-ring (bicyclic) bond motifs is 1. The van der Waals surface area contributed by atoms with Crippen LogP contribution in [0.25, 0.3) is 11.0 Å². The number of aromatic nitrogens is 5. The summed E-state index contributed by atoms with van der Waals surface area (Å²) in [6, 6.07) is 7.88. The normalized spacial score (nSPS) is 12.6. The lowest BCUT2D eigenvalue weighted by Crippen LogP contribution is -2.41. The number of nitrogens with one attached hydrogen (secondary N) is 1. The quantitative estimate of drug-likeness (QED) is 0.650. The first-order chi connectivity index (χ1) is 13.4. The smallest absolute Gasteiger partial charge is 0.220 e. The number of hydrogen-bond acceptors (Lipinski definition) is 4. The summed E-state index contributed by atoms with van der Waals surface area (Å²) in [4.78, 5) is 12.6. The van der Waals surface area contributed by atoms with E-state index in [2.05, 4.69) is 48.4 Å². The van der Waals surface area contributed by atoms with Gasteiger partial charge in [0.2, 0.25) is 5.91 Å². The number of amides is 1. The summed E-state index contributed by atoms with van der Waals surface area (Å²) in [7, 11) is 0. The Hall–Kier alpha value is -2.70. The molecule has 0 aliphatic heterocycles. The second kappa shape index (κ2) is 8.54. The molecule has 1 atom stereocenters. The number of nitrogens with zero attached hydrogens (tertiary/aromatic N) is 5. The maximum absolute atomic E-state index is 12.6. The molecule has 0 saturated heterocycles. The van der Waals surface area contributed by atoms with Crippen molar-refractivity contribution in [2.75, 3.05) is 0 Å². The fourth-order valence-electron chi connectivity index (χ4n) is 3.58. The van der Waals surface area contributed by atoms with Gasteiger partial charge in [0.1, 0.15) is 5.52 Å². The summed E-state index contributed by atoms with van der Waals surface area (Å²) in [5.41, 5.74) is 5.21. The first kappa shape index (κ1) is 20.0. The van der Waals surface area contributed by atoms with Crippen molar-refractivity contribution in [2.45, 2.75) is 66.6 Å². The van der Waals surface area contributed by atoms with E-state index in [4.69, 9.17) is 0 Å². The highest BCUT2D eigenvalue weighted by Crippen LogP contribution is 2.16. The van der Waals surface area contributed by atoms with Crippen LogP contribution in [0.1, 0.15) is 44.1 Å². The average molecular weight is 383 g/mol. The maximum atomic E-state index is 12.6. The zero-order valence-corrected chi connectivity index (χ0v) is 17.4. The highest BCUT2D eigenvalue weighted by atomic mass is 16.1. The maximum Gasteiger partial charge on any atom is 0.220 e. The molecular weight excluding hydrogens is 352 g/mol. The van der Waals surface area contributed by atoms with Gasteiger partial charge in [-0.15, -0.1) is 5.10 Å². The molecule has 2 heterocycles. The van der Waals surface area contributed by atoms with Gasteiger partial charge >= 0.3 is 0 Å². The average Bonchev–Trinajstić information content (AvgIpc) is 3.20. The van der Waals surface area contributed by atoms with Crippen LogP contribution in [0.4, 0.5) is 0 Å². The number of carbonyl (C=O) groups is 1. The minimum atomic E-state index is -0.00170. The molecule has 1 amide bonds. The minimum absolute atomic E-state index is 0.00170. The first-order valence-electron chi connectivity index (χ1n) is 10.0. The number of aryl methyl sites for hydroxylation is 2. The van der Waals surface area contributed by atoms with Gasteiger partial charge < -0.3 is 5.32 Å². The third-order valence-corrected chi connectivity index (χ3v) is 5.37. The topological polar surface area (TPSA) is 77.6 Å². The van der Waals surface area contributed by atoms with Crippen molar-refractivity contribution in [1.29, 1.82) is 0 Å². The lowest BCUT2D eigenvalue weighted by Gasteiger charge is -2.22. The van der Waals surface area contributed by atoms with E-state index in [9.17, 15) is 4.79 Å². The Kier molecular flexibility index (Phi) is 6.11. The molecule has 0 spiro atoms. The van der Waals surface area contributed by atoms with Crippen molar-refractivity contribution < 1.29 is 4.79 Å². The molecule has 7 nitrogen and oxygen atoms in total. The summed E-state index contributed by atoms with van der Waals surface area (Å²) < 4.78 is 3.87. The Morgan fingerprint density at radius 2 is 1.93 bits per heavy atom. The Bertz CT molecular complexity index is 955. The van der Waals surface area contributed by atoms with Gasteiger partial charge in [0.05, 0.1) is 23.8 Å². The van der Waals surface area contributed by atoms with E-state index < -0.39 is 0 Å². The Balaban J connectivity index is 1.64. The number of hydrogen-bond donors (Lipinski definition) is 1. The molecule has 1 N–H and O–H groups in total. The Labute approximate surface area is 166 Å². The number of benzene rings is 1. The lowest BCUT2D eigenvalue weighted by molar-refractivity contribution is -0.122. The molecule has 1 aromatic carbocycles. The van der Waals surface area contributed by atoms with E-state index >= 15 is 0 Å². The van der Waals surface area contributed by atoms with Crippen LogP contribution >= 0.6 is 0 Å². The molecule has 0 saturated carbocycles. The predicted molar refractivity (Wildman–Crippen MR) is 110 cm³/mol. The van der Waals surface area contributed by atoms with Crippen molar-refractivity contribution in [3.63, 3.8) is 0 Å². The molecule has 0 aliphatic rings. The Morgan fingerprint density at radius 1 is 1.18 bits per heavy atom. The van der Waals surface area contributed by atoms with Crippen LogP contribution in [0.15, 0.2) is 24.3 Å². The summed E-state index contributed by atoms with van der Waals surface area (Å²) >= 11 is 0. The predicted octanol–water partition coefficient (Wildman–Crippen LogP) is 3.04. The highest BCUT2D eigenvalue weighted by Gasteiger charge is 2.19. The fourth-order valence-corrected chi connectivity index (χ4v) is 3.58. The number of carbonyl (C=O) groups excluding carboxylic acids is 1. The van der Waals surface area contributed by atoms with Crippen LogP contribution in [-0.2, 0) is 24.3 Å². The zero-order chi connectivity index (χ0) is 20.3. The summed E-state index contributed by atoms with van der Waals surface area (Å²) in [5.74, 6) is 0.351. The van der Waals surface area contributed by atoms with Crippen molar-refractivity contribution in [2.24, 2.45) is 5.92 Å². The van der Waals surface area contributed by atoms with E-state index in [0.717, 1.165) is 29.0 Å². The van der Waals surface area contributed by atoms with Gasteiger partial charge in [-0.25, -0.2) is 4.68 Å². The van der Waals surface area contributed by atoms with Crippen LogP contribution in [0.5, 0.6) is 0 Å². The van der Waals surface area contributed by atoms with Crippen LogP contribution in [0.3, 0.4) is 0 Å². The zero-order valence-electron chi connectivity index (χ0n) is 17.4. The molecule has 3 aromatic rings. The lowest BCUT2D eigenvalue weighted by atomic mass is 10.0. The molecule has 3 rings (SSSR count). The van der Waals surface area contributed by atoms with Gasteiger partial charge in [-0.05, 0) is 50.8 Å². The highest BCUT2D eigenvalue weighted by molar-refractivity contribution is 5.77. The second-order valence-electron chi connectivity index (χ2n) is 7.64. The van der Waals surface area contributed by atoms with Crippen LogP contribution in [-0.4, -0.2) is 36.7 Å². The SMILES string of the molecule is CCn1nc(C)c(CCC(=O)N[C@H](Cn2nnc3ccccc32)C(C)C)c1C. The van der Waals surface area contributed by atoms with Crippen LogP contribution in [0.2, 0.25) is 0 Å². The number of rotatable bonds is 8. The van der Waals surface area contributed by atoms with E-state index in [0.29, 0.717) is 25.3 Å². The first-order valence-corrected chi connectivity index (χ1v) is 10.0. The van der Waals surface area contributed by atoms with Crippen LogP contribution in [0, 0.1) is 19.8 Å². The van der Waals surface area contributed by atoms with Crippen molar-refractivity contribution in [1.82, 2.24) is 30.1 Å². The molecule has 0 radical (unpaired) electrons. The van der Waals surface area contributed by atoms with E-state index in [-0.39, 0.29) is 11.9 Å². The second-order valence-corrected chi connectivity index (χ2v) is 7.64. The third kappa shape index (κ3) is 4.24. The van der Waals surface area contributed by atoms with Crippen LogP contribution < -0.4 is 5.32 Å². The van der Waals surface area contributed by atoms with Crippen molar-refractivity contribution in [3.8, 4) is 0 Å². The van der Waals surface area contributed by atoms with Gasteiger partial charge in [0, 0.05) is 18.7 Å². The van der Waals surface area contributed by atoms with Gasteiger partial charge in [0.25, 0.3) is 0 Å². The molecule has 28 heavy (non-hydrogen) atoms. The van der Waals surface area contributed by atoms with E-state index in [1.807, 2.05) is 40.6 Å². The van der Waals surface area contributed by atoms with Gasteiger partial charge in [-0.1, -0.05) is 31.2 Å².